The van der Waals surface area contributed by atoms with E-state index in [0.717, 1.165) is 11.1 Å². The van der Waals surface area contributed by atoms with Crippen LogP contribution in [0.3, 0.4) is 0 Å². The van der Waals surface area contributed by atoms with Crippen LogP contribution in [-0.4, -0.2) is 23.0 Å². The predicted octanol–water partition coefficient (Wildman–Crippen LogP) is 3.41. The van der Waals surface area contributed by atoms with Crippen molar-refractivity contribution < 1.29 is 9.59 Å². The van der Waals surface area contributed by atoms with Gasteiger partial charge in [0.05, 0.1) is 17.5 Å². The molecule has 0 aliphatic rings. The number of pyridine rings is 1. The van der Waals surface area contributed by atoms with Crippen molar-refractivity contribution in [2.24, 2.45) is 5.10 Å². The highest BCUT2D eigenvalue weighted by Gasteiger charge is 2.13. The second kappa shape index (κ2) is 8.53. The standard InChI is InChI=1S/C21H18N4O2/c1-15-5-4-6-16(13-15)14-23-25-21(27)18-7-2-3-8-19(18)24-20(26)17-9-11-22-12-10-17/h2-14H,1H3,(H,24,26)(H,25,27)/b23-14+. The first-order valence-electron chi connectivity index (χ1n) is 8.34. The molecule has 6 nitrogen and oxygen atoms in total. The lowest BCUT2D eigenvalue weighted by atomic mass is 10.1. The average molecular weight is 358 g/mol. The van der Waals surface area contributed by atoms with E-state index in [2.05, 4.69) is 20.8 Å². The molecule has 1 aromatic heterocycles. The van der Waals surface area contributed by atoms with Gasteiger partial charge in [0, 0.05) is 18.0 Å². The number of hydrogen-bond donors (Lipinski definition) is 2. The van der Waals surface area contributed by atoms with E-state index in [0.29, 0.717) is 16.8 Å². The quantitative estimate of drug-likeness (QED) is 0.541. The van der Waals surface area contributed by atoms with E-state index in [4.69, 9.17) is 0 Å². The Kier molecular flexibility index (Phi) is 5.69. The molecule has 3 aromatic rings. The molecule has 0 aliphatic carbocycles. The molecule has 3 rings (SSSR count). The second-order valence-corrected chi connectivity index (χ2v) is 5.85. The molecule has 0 aliphatic heterocycles. The van der Waals surface area contributed by atoms with Crippen LogP contribution in [0.2, 0.25) is 0 Å². The fourth-order valence-corrected chi connectivity index (χ4v) is 2.46. The van der Waals surface area contributed by atoms with Gasteiger partial charge in [-0.25, -0.2) is 5.43 Å². The van der Waals surface area contributed by atoms with Gasteiger partial charge in [-0.15, -0.1) is 0 Å². The van der Waals surface area contributed by atoms with E-state index >= 15 is 0 Å². The summed E-state index contributed by atoms with van der Waals surface area (Å²) >= 11 is 0. The molecular formula is C21H18N4O2. The Morgan fingerprint density at radius 3 is 2.52 bits per heavy atom. The second-order valence-electron chi connectivity index (χ2n) is 5.85. The number of carbonyl (C=O) groups excluding carboxylic acids is 2. The maximum Gasteiger partial charge on any atom is 0.273 e. The Bertz CT molecular complexity index is 984. The summed E-state index contributed by atoms with van der Waals surface area (Å²) in [6.45, 7) is 1.98. The van der Waals surface area contributed by atoms with Crippen molar-refractivity contribution in [2.75, 3.05) is 5.32 Å². The highest BCUT2D eigenvalue weighted by Crippen LogP contribution is 2.16. The fourth-order valence-electron chi connectivity index (χ4n) is 2.46. The fraction of sp³-hybridized carbons (Fsp3) is 0.0476. The Morgan fingerprint density at radius 1 is 0.963 bits per heavy atom. The number of benzene rings is 2. The van der Waals surface area contributed by atoms with Crippen molar-refractivity contribution in [1.29, 1.82) is 0 Å². The first-order chi connectivity index (χ1) is 13.1. The SMILES string of the molecule is Cc1cccc(/C=N/NC(=O)c2ccccc2NC(=O)c2ccncc2)c1. The lowest BCUT2D eigenvalue weighted by Gasteiger charge is -2.10. The molecule has 27 heavy (non-hydrogen) atoms. The van der Waals surface area contributed by atoms with E-state index < -0.39 is 5.91 Å². The zero-order valence-electron chi connectivity index (χ0n) is 14.7. The molecule has 0 atom stereocenters. The highest BCUT2D eigenvalue weighted by molar-refractivity contribution is 6.09. The van der Waals surface area contributed by atoms with Gasteiger partial charge >= 0.3 is 0 Å². The molecule has 0 fully saturated rings. The van der Waals surface area contributed by atoms with Crippen molar-refractivity contribution in [3.63, 3.8) is 0 Å². The van der Waals surface area contributed by atoms with Gasteiger partial charge in [0.15, 0.2) is 0 Å². The van der Waals surface area contributed by atoms with Crippen LogP contribution < -0.4 is 10.7 Å². The van der Waals surface area contributed by atoms with Crippen LogP contribution in [-0.2, 0) is 0 Å². The minimum atomic E-state index is -0.412. The van der Waals surface area contributed by atoms with Crippen LogP contribution in [0.15, 0.2) is 78.2 Å². The lowest BCUT2D eigenvalue weighted by Crippen LogP contribution is -2.21. The normalized spacial score (nSPS) is 10.6. The van der Waals surface area contributed by atoms with Crippen LogP contribution >= 0.6 is 0 Å². The van der Waals surface area contributed by atoms with Gasteiger partial charge in [-0.05, 0) is 36.8 Å². The van der Waals surface area contributed by atoms with Crippen molar-refractivity contribution in [3.8, 4) is 0 Å². The number of anilines is 1. The molecule has 2 N–H and O–H groups in total. The van der Waals surface area contributed by atoms with E-state index in [1.807, 2.05) is 31.2 Å². The predicted molar refractivity (Wildman–Crippen MR) is 105 cm³/mol. The zero-order valence-corrected chi connectivity index (χ0v) is 14.7. The molecule has 2 amide bonds. The number of para-hydroxylation sites is 1. The van der Waals surface area contributed by atoms with E-state index in [-0.39, 0.29) is 5.91 Å². The Labute approximate surface area is 157 Å². The zero-order chi connectivity index (χ0) is 19.1. The van der Waals surface area contributed by atoms with Gasteiger partial charge in [-0.2, -0.15) is 5.10 Å². The molecule has 0 unspecified atom stereocenters. The number of nitrogens with one attached hydrogen (secondary N) is 2. The first-order valence-corrected chi connectivity index (χ1v) is 8.34. The lowest BCUT2D eigenvalue weighted by molar-refractivity contribution is 0.0956. The summed E-state index contributed by atoms with van der Waals surface area (Å²) in [5, 5.41) is 6.74. The topological polar surface area (TPSA) is 83.5 Å². The number of aryl methyl sites for hydroxylation is 1. The van der Waals surface area contributed by atoms with Crippen LogP contribution in [0, 0.1) is 6.92 Å². The summed E-state index contributed by atoms with van der Waals surface area (Å²) in [5.41, 5.74) is 5.66. The molecule has 134 valence electrons. The van der Waals surface area contributed by atoms with E-state index in [1.165, 1.54) is 12.4 Å². The third kappa shape index (κ3) is 4.85. The number of hydrazone groups is 1. The van der Waals surface area contributed by atoms with Crippen molar-refractivity contribution in [3.05, 3.63) is 95.3 Å². The third-order valence-electron chi connectivity index (χ3n) is 3.78. The molecule has 6 heteroatoms. The third-order valence-corrected chi connectivity index (χ3v) is 3.78. The van der Waals surface area contributed by atoms with Crippen molar-refractivity contribution >= 4 is 23.7 Å². The largest absolute Gasteiger partial charge is 0.321 e. The smallest absolute Gasteiger partial charge is 0.273 e. The Balaban J connectivity index is 1.71. The molecule has 0 saturated carbocycles. The summed E-state index contributed by atoms with van der Waals surface area (Å²) in [5.74, 6) is -0.731. The highest BCUT2D eigenvalue weighted by atomic mass is 16.2. The summed E-state index contributed by atoms with van der Waals surface area (Å²) < 4.78 is 0. The summed E-state index contributed by atoms with van der Waals surface area (Å²) in [4.78, 5) is 28.7. The number of amides is 2. The van der Waals surface area contributed by atoms with E-state index in [9.17, 15) is 9.59 Å². The number of carbonyl (C=O) groups is 2. The summed E-state index contributed by atoms with van der Waals surface area (Å²) in [7, 11) is 0. The molecule has 1 heterocycles. The molecule has 0 saturated heterocycles. The number of hydrogen-bond acceptors (Lipinski definition) is 4. The summed E-state index contributed by atoms with van der Waals surface area (Å²) in [6, 6.07) is 17.7. The van der Waals surface area contributed by atoms with Crippen molar-refractivity contribution in [2.45, 2.75) is 6.92 Å². The molecule has 2 aromatic carbocycles. The molecule has 0 spiro atoms. The monoisotopic (exact) mass is 358 g/mol. The number of aromatic nitrogens is 1. The maximum atomic E-state index is 12.5. The van der Waals surface area contributed by atoms with Gasteiger partial charge < -0.3 is 5.32 Å². The average Bonchev–Trinajstić information content (AvgIpc) is 2.69. The van der Waals surface area contributed by atoms with Crippen LogP contribution in [0.4, 0.5) is 5.69 Å². The Hall–Kier alpha value is -3.80. The maximum absolute atomic E-state index is 12.5. The molecule has 0 radical (unpaired) electrons. The van der Waals surface area contributed by atoms with Crippen LogP contribution in [0.25, 0.3) is 0 Å². The first kappa shape index (κ1) is 18.0. The molecule has 0 bridgehead atoms. The van der Waals surface area contributed by atoms with Crippen molar-refractivity contribution in [1.82, 2.24) is 10.4 Å². The minimum absolute atomic E-state index is 0.319. The van der Waals surface area contributed by atoms with Gasteiger partial charge in [0.25, 0.3) is 11.8 Å². The van der Waals surface area contributed by atoms with Gasteiger partial charge in [-0.1, -0.05) is 42.0 Å². The van der Waals surface area contributed by atoms with Gasteiger partial charge in [-0.3, -0.25) is 14.6 Å². The number of nitrogens with zero attached hydrogens (tertiary/aromatic N) is 2. The van der Waals surface area contributed by atoms with Gasteiger partial charge in [0.2, 0.25) is 0 Å². The van der Waals surface area contributed by atoms with Gasteiger partial charge in [0.1, 0.15) is 0 Å². The van der Waals surface area contributed by atoms with Crippen LogP contribution in [0.5, 0.6) is 0 Å². The Morgan fingerprint density at radius 2 is 1.74 bits per heavy atom. The van der Waals surface area contributed by atoms with E-state index in [1.54, 1.807) is 42.6 Å². The summed E-state index contributed by atoms with van der Waals surface area (Å²) in [6.07, 6.45) is 4.64. The minimum Gasteiger partial charge on any atom is -0.321 e. The number of rotatable bonds is 5. The van der Waals surface area contributed by atoms with Crippen LogP contribution in [0.1, 0.15) is 31.8 Å². The molecular weight excluding hydrogens is 340 g/mol.